The Morgan fingerprint density at radius 3 is 2.50 bits per heavy atom. The van der Waals surface area contributed by atoms with Crippen molar-refractivity contribution in [1.82, 2.24) is 5.32 Å². The number of thioether (sulfide) groups is 1. The lowest BCUT2D eigenvalue weighted by atomic mass is 10.3. The fourth-order valence-corrected chi connectivity index (χ4v) is 1.70. The molecule has 0 bridgehead atoms. The molecular weight excluding hydrogens is 206 g/mol. The van der Waals surface area contributed by atoms with Gasteiger partial charge in [0.2, 0.25) is 0 Å². The van der Waals surface area contributed by atoms with Crippen LogP contribution >= 0.6 is 11.8 Å². The number of carbonyl (C=O) groups excluding carboxylic acids is 2. The second-order valence-corrected chi connectivity index (χ2v) is 3.52. The number of hydrogen-bond donors (Lipinski definition) is 1. The van der Waals surface area contributed by atoms with Crippen molar-refractivity contribution in [3.05, 3.63) is 22.9 Å². The third-order valence-corrected chi connectivity index (χ3v) is 2.45. The van der Waals surface area contributed by atoms with E-state index in [4.69, 9.17) is 0 Å². The number of aliphatic carboxylic acids is 2. The Kier molecular flexibility index (Phi) is 3.58. The molecule has 14 heavy (non-hydrogen) atoms. The third-order valence-electron chi connectivity index (χ3n) is 1.56. The molecule has 1 aliphatic rings. The Hall–Kier alpha value is -1.43. The Bertz CT molecular complexity index is 305. The van der Waals surface area contributed by atoms with Gasteiger partial charge in [-0.15, -0.1) is 11.8 Å². The maximum atomic E-state index is 10.3. The van der Waals surface area contributed by atoms with Gasteiger partial charge in [0, 0.05) is 23.2 Å². The molecule has 0 atom stereocenters. The van der Waals surface area contributed by atoms with Crippen molar-refractivity contribution in [3.63, 3.8) is 0 Å². The summed E-state index contributed by atoms with van der Waals surface area (Å²) in [6.45, 7) is 0. The lowest BCUT2D eigenvalue weighted by Crippen LogP contribution is -2.37. The van der Waals surface area contributed by atoms with Crippen LogP contribution in [0.15, 0.2) is 22.9 Å². The molecule has 0 aromatic heterocycles. The summed E-state index contributed by atoms with van der Waals surface area (Å²) >= 11 is 1.57. The number of hydrogen-bond acceptors (Lipinski definition) is 6. The molecule has 5 nitrogen and oxygen atoms in total. The Morgan fingerprint density at radius 2 is 2.07 bits per heavy atom. The van der Waals surface area contributed by atoms with E-state index in [2.05, 4.69) is 5.32 Å². The van der Waals surface area contributed by atoms with Gasteiger partial charge >= 0.3 is 0 Å². The Balaban J connectivity index is 2.63. The summed E-state index contributed by atoms with van der Waals surface area (Å²) in [5.41, 5.74) is -0.0993. The van der Waals surface area contributed by atoms with Gasteiger partial charge in [0.05, 0.1) is 11.9 Å². The average molecular weight is 213 g/mol. The number of allylic oxidation sites excluding steroid dienone is 1. The monoisotopic (exact) mass is 213 g/mol. The largest absolute Gasteiger partial charge is 0.545 e. The van der Waals surface area contributed by atoms with Crippen LogP contribution in [0.25, 0.3) is 0 Å². The van der Waals surface area contributed by atoms with Crippen LogP contribution in [0.3, 0.4) is 0 Å². The molecule has 1 N–H and O–H groups in total. The van der Waals surface area contributed by atoms with E-state index in [1.54, 1.807) is 17.2 Å². The molecule has 0 aromatic rings. The maximum Gasteiger partial charge on any atom is 0.0748 e. The fraction of sp³-hybridized carbons (Fsp3) is 0.250. The van der Waals surface area contributed by atoms with E-state index in [0.29, 0.717) is 0 Å². The minimum atomic E-state index is -1.76. The van der Waals surface area contributed by atoms with E-state index in [-0.39, 0.29) is 0 Å². The molecule has 76 valence electrons. The smallest absolute Gasteiger partial charge is 0.0748 e. The van der Waals surface area contributed by atoms with E-state index in [9.17, 15) is 19.8 Å². The van der Waals surface area contributed by atoms with Crippen LogP contribution in [0.4, 0.5) is 0 Å². The van der Waals surface area contributed by atoms with E-state index in [1.165, 1.54) is 0 Å². The second-order valence-electron chi connectivity index (χ2n) is 2.54. The van der Waals surface area contributed by atoms with Crippen LogP contribution < -0.4 is 15.5 Å². The number of nitrogens with one attached hydrogen (secondary N) is 1. The first-order valence-electron chi connectivity index (χ1n) is 3.81. The van der Waals surface area contributed by atoms with Crippen molar-refractivity contribution < 1.29 is 19.8 Å². The van der Waals surface area contributed by atoms with Gasteiger partial charge in [0.25, 0.3) is 0 Å². The van der Waals surface area contributed by atoms with Gasteiger partial charge in [-0.05, 0) is 11.8 Å². The minimum Gasteiger partial charge on any atom is -0.545 e. The van der Waals surface area contributed by atoms with E-state index in [1.807, 2.05) is 0 Å². The highest BCUT2D eigenvalue weighted by Gasteiger charge is 2.04. The number of rotatable bonds is 4. The zero-order valence-corrected chi connectivity index (χ0v) is 7.93. The fourth-order valence-electron chi connectivity index (χ4n) is 0.860. The first-order chi connectivity index (χ1) is 6.61. The highest BCUT2D eigenvalue weighted by atomic mass is 32.2. The molecular formula is C8H7NO4S-2. The molecule has 0 saturated heterocycles. The molecule has 0 unspecified atom stereocenters. The lowest BCUT2D eigenvalue weighted by Gasteiger charge is -2.10. The molecule has 0 spiro atoms. The zero-order valence-electron chi connectivity index (χ0n) is 7.11. The van der Waals surface area contributed by atoms with E-state index in [0.717, 1.165) is 24.1 Å². The van der Waals surface area contributed by atoms with Crippen LogP contribution in [-0.4, -0.2) is 17.7 Å². The molecule has 6 heteroatoms. The predicted octanol–water partition coefficient (Wildman–Crippen LogP) is -2.06. The summed E-state index contributed by atoms with van der Waals surface area (Å²) in [5, 5.41) is 24.9. The SMILES string of the molecule is O=C([O-])C(=CNC1=CSCC1)C(=O)[O-]. The molecule has 0 aromatic carbocycles. The average Bonchev–Trinajstić information content (AvgIpc) is 2.55. The molecule has 0 radical (unpaired) electrons. The van der Waals surface area contributed by atoms with E-state index >= 15 is 0 Å². The van der Waals surface area contributed by atoms with Gasteiger partial charge in [-0.2, -0.15) is 0 Å². The minimum absolute atomic E-state index is 0.758. The Labute approximate surface area is 84.5 Å². The number of carboxylic acids is 2. The highest BCUT2D eigenvalue weighted by Crippen LogP contribution is 2.19. The Morgan fingerprint density at radius 1 is 1.43 bits per heavy atom. The summed E-state index contributed by atoms with van der Waals surface area (Å²) in [6.07, 6.45) is 1.64. The molecule has 0 fully saturated rings. The molecule has 0 aliphatic carbocycles. The number of carbonyl (C=O) groups is 2. The summed E-state index contributed by atoms with van der Waals surface area (Å²) < 4.78 is 0. The molecule has 0 amide bonds. The third kappa shape index (κ3) is 2.81. The normalized spacial score (nSPS) is 14.4. The predicted molar refractivity (Wildman–Crippen MR) is 46.4 cm³/mol. The van der Waals surface area contributed by atoms with Crippen molar-refractivity contribution in [1.29, 1.82) is 0 Å². The standard InChI is InChI=1S/C8H9NO4S/c10-7(11)6(8(12)13)3-9-5-1-2-14-4-5/h3-4,9H,1-2H2,(H,10,11)(H,12,13)/p-2. The second kappa shape index (κ2) is 4.71. The van der Waals surface area contributed by atoms with Crippen molar-refractivity contribution >= 4 is 23.7 Å². The molecule has 0 saturated carbocycles. The quantitative estimate of drug-likeness (QED) is 0.328. The highest BCUT2D eigenvalue weighted by molar-refractivity contribution is 8.02. The van der Waals surface area contributed by atoms with Crippen LogP contribution in [0.5, 0.6) is 0 Å². The maximum absolute atomic E-state index is 10.3. The van der Waals surface area contributed by atoms with Crippen LogP contribution in [0, 0.1) is 0 Å². The van der Waals surface area contributed by atoms with Crippen LogP contribution in [0.1, 0.15) is 6.42 Å². The van der Waals surface area contributed by atoms with Crippen LogP contribution in [0.2, 0.25) is 0 Å². The first kappa shape index (κ1) is 10.6. The summed E-state index contributed by atoms with van der Waals surface area (Å²) in [4.78, 5) is 20.6. The molecule has 1 aliphatic heterocycles. The lowest BCUT2D eigenvalue weighted by molar-refractivity contribution is -0.312. The van der Waals surface area contributed by atoms with Crippen molar-refractivity contribution in [2.75, 3.05) is 5.75 Å². The van der Waals surface area contributed by atoms with Gasteiger partial charge in [-0.25, -0.2) is 0 Å². The van der Waals surface area contributed by atoms with Crippen molar-refractivity contribution in [2.45, 2.75) is 6.42 Å². The van der Waals surface area contributed by atoms with E-state index < -0.39 is 17.5 Å². The van der Waals surface area contributed by atoms with Gasteiger partial charge in [-0.3, -0.25) is 0 Å². The van der Waals surface area contributed by atoms with Crippen LogP contribution in [-0.2, 0) is 9.59 Å². The summed E-state index contributed by atoms with van der Waals surface area (Å²) in [6, 6.07) is 0. The van der Waals surface area contributed by atoms with Crippen molar-refractivity contribution in [2.24, 2.45) is 0 Å². The molecule has 1 heterocycles. The van der Waals surface area contributed by atoms with Gasteiger partial charge < -0.3 is 25.1 Å². The molecule has 1 rings (SSSR count). The van der Waals surface area contributed by atoms with Gasteiger partial charge in [-0.1, -0.05) is 0 Å². The summed E-state index contributed by atoms with van der Waals surface area (Å²) in [7, 11) is 0. The number of carboxylic acid groups (broad SMARTS) is 2. The summed E-state index contributed by atoms with van der Waals surface area (Å²) in [5.74, 6) is -2.62. The van der Waals surface area contributed by atoms with Crippen molar-refractivity contribution in [3.8, 4) is 0 Å². The zero-order chi connectivity index (χ0) is 10.6. The topological polar surface area (TPSA) is 92.3 Å². The first-order valence-corrected chi connectivity index (χ1v) is 4.86. The van der Waals surface area contributed by atoms with Gasteiger partial charge in [0.1, 0.15) is 0 Å². The van der Waals surface area contributed by atoms with Gasteiger partial charge in [0.15, 0.2) is 0 Å².